The fraction of sp³-hybridized carbons (Fsp3) is 0.375. The molecule has 3 amide bonds. The summed E-state index contributed by atoms with van der Waals surface area (Å²) < 4.78 is 0. The number of hydrogen-bond acceptors (Lipinski definition) is 4. The molecular weight excluding hydrogens is 428 g/mol. The highest BCUT2D eigenvalue weighted by molar-refractivity contribution is 6.30. The lowest BCUT2D eigenvalue weighted by Gasteiger charge is -2.35. The molecule has 0 saturated carbocycles. The van der Waals surface area contributed by atoms with E-state index in [9.17, 15) is 14.4 Å². The highest BCUT2D eigenvalue weighted by Crippen LogP contribution is 2.21. The molecule has 1 fully saturated rings. The summed E-state index contributed by atoms with van der Waals surface area (Å²) >= 11 is 5.96. The molecule has 2 aromatic carbocycles. The van der Waals surface area contributed by atoms with Crippen molar-refractivity contribution in [1.82, 2.24) is 15.1 Å². The SMILES string of the molecule is CC(=O)N[C@H](CC(=O)N1CCN(CC(=O)Nc2ccc(C)cc2)CC1)c1ccc(Cl)cc1. The van der Waals surface area contributed by atoms with Crippen molar-refractivity contribution in [2.75, 3.05) is 38.0 Å². The molecule has 0 unspecified atom stereocenters. The molecule has 170 valence electrons. The van der Waals surface area contributed by atoms with E-state index in [2.05, 4.69) is 10.6 Å². The van der Waals surface area contributed by atoms with Gasteiger partial charge < -0.3 is 15.5 Å². The van der Waals surface area contributed by atoms with Gasteiger partial charge in [-0.05, 0) is 36.8 Å². The summed E-state index contributed by atoms with van der Waals surface area (Å²) in [7, 11) is 0. The van der Waals surface area contributed by atoms with Crippen molar-refractivity contribution in [3.05, 3.63) is 64.7 Å². The van der Waals surface area contributed by atoms with Crippen LogP contribution in [0.2, 0.25) is 5.02 Å². The first-order chi connectivity index (χ1) is 15.3. The van der Waals surface area contributed by atoms with Crippen LogP contribution in [0, 0.1) is 6.92 Å². The quantitative estimate of drug-likeness (QED) is 0.671. The monoisotopic (exact) mass is 456 g/mol. The van der Waals surface area contributed by atoms with Gasteiger partial charge in [-0.2, -0.15) is 0 Å². The second kappa shape index (κ2) is 11.1. The number of benzene rings is 2. The Labute approximate surface area is 193 Å². The van der Waals surface area contributed by atoms with E-state index in [1.54, 1.807) is 17.0 Å². The maximum Gasteiger partial charge on any atom is 0.238 e. The Morgan fingerprint density at radius 2 is 1.59 bits per heavy atom. The van der Waals surface area contributed by atoms with E-state index in [1.165, 1.54) is 6.92 Å². The normalized spacial score (nSPS) is 15.2. The molecule has 2 N–H and O–H groups in total. The second-order valence-electron chi connectivity index (χ2n) is 8.08. The van der Waals surface area contributed by atoms with Gasteiger partial charge in [0.2, 0.25) is 17.7 Å². The van der Waals surface area contributed by atoms with E-state index in [0.29, 0.717) is 31.2 Å². The van der Waals surface area contributed by atoms with Gasteiger partial charge in [-0.3, -0.25) is 19.3 Å². The summed E-state index contributed by atoms with van der Waals surface area (Å²) in [6.07, 6.45) is 0.176. The summed E-state index contributed by atoms with van der Waals surface area (Å²) in [6.45, 7) is 6.06. The van der Waals surface area contributed by atoms with Crippen molar-refractivity contribution in [1.29, 1.82) is 0 Å². The summed E-state index contributed by atoms with van der Waals surface area (Å²) in [5.41, 5.74) is 2.76. The fourth-order valence-corrected chi connectivity index (χ4v) is 3.82. The number of anilines is 1. The highest BCUT2D eigenvalue weighted by Gasteiger charge is 2.25. The second-order valence-corrected chi connectivity index (χ2v) is 8.52. The lowest BCUT2D eigenvalue weighted by Crippen LogP contribution is -2.51. The van der Waals surface area contributed by atoms with Crippen molar-refractivity contribution in [2.24, 2.45) is 0 Å². The first kappa shape index (κ1) is 23.8. The van der Waals surface area contributed by atoms with Crippen LogP contribution in [0.25, 0.3) is 0 Å². The van der Waals surface area contributed by atoms with E-state index < -0.39 is 6.04 Å². The highest BCUT2D eigenvalue weighted by atomic mass is 35.5. The van der Waals surface area contributed by atoms with E-state index >= 15 is 0 Å². The maximum absolute atomic E-state index is 12.9. The fourth-order valence-electron chi connectivity index (χ4n) is 3.69. The number of carbonyl (C=O) groups excluding carboxylic acids is 3. The predicted octanol–water partition coefficient (Wildman–Crippen LogP) is 3.00. The number of amides is 3. The summed E-state index contributed by atoms with van der Waals surface area (Å²) in [6, 6.07) is 14.4. The molecule has 3 rings (SSSR count). The molecule has 0 aromatic heterocycles. The van der Waals surface area contributed by atoms with E-state index in [-0.39, 0.29) is 30.7 Å². The van der Waals surface area contributed by atoms with Crippen LogP contribution in [0.3, 0.4) is 0 Å². The van der Waals surface area contributed by atoms with Gasteiger partial charge in [0.25, 0.3) is 0 Å². The molecule has 0 spiro atoms. The zero-order valence-electron chi connectivity index (χ0n) is 18.4. The van der Waals surface area contributed by atoms with Crippen LogP contribution in [-0.2, 0) is 14.4 Å². The largest absolute Gasteiger partial charge is 0.349 e. The van der Waals surface area contributed by atoms with Crippen LogP contribution < -0.4 is 10.6 Å². The molecule has 1 aliphatic rings. The molecule has 1 heterocycles. The summed E-state index contributed by atoms with van der Waals surface area (Å²) in [4.78, 5) is 40.7. The van der Waals surface area contributed by atoms with Crippen LogP contribution in [-0.4, -0.2) is 60.2 Å². The molecule has 7 nitrogen and oxygen atoms in total. The van der Waals surface area contributed by atoms with Gasteiger partial charge >= 0.3 is 0 Å². The Morgan fingerprint density at radius 1 is 0.969 bits per heavy atom. The maximum atomic E-state index is 12.9. The van der Waals surface area contributed by atoms with Gasteiger partial charge in [-0.15, -0.1) is 0 Å². The minimum atomic E-state index is -0.407. The molecule has 0 bridgehead atoms. The predicted molar refractivity (Wildman–Crippen MR) is 125 cm³/mol. The standard InChI is InChI=1S/C24H29ClN4O3/c1-17-3-9-21(10-4-17)27-23(31)16-28-11-13-29(14-12-28)24(32)15-22(26-18(2)30)19-5-7-20(25)8-6-19/h3-10,22H,11-16H2,1-2H3,(H,26,30)(H,27,31)/t22-/m1/s1. The van der Waals surface area contributed by atoms with Gasteiger partial charge in [0.05, 0.1) is 19.0 Å². The lowest BCUT2D eigenvalue weighted by atomic mass is 10.0. The van der Waals surface area contributed by atoms with Gasteiger partial charge in [0.15, 0.2) is 0 Å². The smallest absolute Gasteiger partial charge is 0.238 e. The number of nitrogens with zero attached hydrogens (tertiary/aromatic N) is 2. The molecule has 8 heteroatoms. The van der Waals surface area contributed by atoms with Crippen LogP contribution in [0.1, 0.15) is 30.5 Å². The van der Waals surface area contributed by atoms with Gasteiger partial charge in [-0.1, -0.05) is 41.4 Å². The van der Waals surface area contributed by atoms with Crippen molar-refractivity contribution >= 4 is 35.0 Å². The van der Waals surface area contributed by atoms with Crippen LogP contribution in [0.5, 0.6) is 0 Å². The Bertz CT molecular complexity index is 939. The van der Waals surface area contributed by atoms with Crippen molar-refractivity contribution in [2.45, 2.75) is 26.3 Å². The van der Waals surface area contributed by atoms with Crippen LogP contribution in [0.4, 0.5) is 5.69 Å². The van der Waals surface area contributed by atoms with Gasteiger partial charge in [-0.25, -0.2) is 0 Å². The molecule has 2 aromatic rings. The third-order valence-electron chi connectivity index (χ3n) is 5.46. The third kappa shape index (κ3) is 7.07. The van der Waals surface area contributed by atoms with Crippen LogP contribution >= 0.6 is 11.6 Å². The Hall–Kier alpha value is -2.90. The molecule has 1 atom stereocenters. The molecule has 1 saturated heterocycles. The lowest BCUT2D eigenvalue weighted by molar-refractivity contribution is -0.133. The molecule has 0 aliphatic carbocycles. The first-order valence-electron chi connectivity index (χ1n) is 10.7. The average molecular weight is 457 g/mol. The number of halogens is 1. The first-order valence-corrected chi connectivity index (χ1v) is 11.1. The van der Waals surface area contributed by atoms with Crippen molar-refractivity contribution < 1.29 is 14.4 Å². The van der Waals surface area contributed by atoms with Crippen LogP contribution in [0.15, 0.2) is 48.5 Å². The number of aryl methyl sites for hydroxylation is 1. The summed E-state index contributed by atoms with van der Waals surface area (Å²) in [5.74, 6) is -0.285. The zero-order chi connectivity index (χ0) is 23.1. The van der Waals surface area contributed by atoms with Crippen molar-refractivity contribution in [3.63, 3.8) is 0 Å². The molecule has 1 aliphatic heterocycles. The van der Waals surface area contributed by atoms with Gasteiger partial charge in [0.1, 0.15) is 0 Å². The third-order valence-corrected chi connectivity index (χ3v) is 5.71. The molecule has 0 radical (unpaired) electrons. The zero-order valence-corrected chi connectivity index (χ0v) is 19.2. The Morgan fingerprint density at radius 3 is 2.19 bits per heavy atom. The minimum Gasteiger partial charge on any atom is -0.349 e. The van der Waals surface area contributed by atoms with Gasteiger partial charge in [0, 0.05) is 43.8 Å². The van der Waals surface area contributed by atoms with E-state index in [1.807, 2.05) is 48.2 Å². The summed E-state index contributed by atoms with van der Waals surface area (Å²) in [5, 5.41) is 6.36. The van der Waals surface area contributed by atoms with E-state index in [4.69, 9.17) is 11.6 Å². The average Bonchev–Trinajstić information content (AvgIpc) is 2.75. The number of hydrogen-bond donors (Lipinski definition) is 2. The minimum absolute atomic E-state index is 0.0255. The van der Waals surface area contributed by atoms with E-state index in [0.717, 1.165) is 16.8 Å². The molecular formula is C24H29ClN4O3. The number of carbonyl (C=O) groups is 3. The van der Waals surface area contributed by atoms with Crippen molar-refractivity contribution in [3.8, 4) is 0 Å². The number of piperazine rings is 1. The Kier molecular flexibility index (Phi) is 8.25. The number of nitrogens with one attached hydrogen (secondary N) is 2. The Balaban J connectivity index is 1.49. The number of rotatable bonds is 7. The topological polar surface area (TPSA) is 81.8 Å². The molecule has 32 heavy (non-hydrogen) atoms.